The number of hydrogen-bond acceptors (Lipinski definition) is 4. The predicted molar refractivity (Wildman–Crippen MR) is 114 cm³/mol. The molecule has 4 heterocycles. The topological polar surface area (TPSA) is 57.9 Å². The molecular weight excluding hydrogens is 465 g/mol. The number of fused-ring (bicyclic) bond motifs is 1. The van der Waals surface area contributed by atoms with Crippen molar-refractivity contribution < 1.29 is 22.8 Å². The van der Waals surface area contributed by atoms with Gasteiger partial charge in [0.25, 0.3) is 5.91 Å². The van der Waals surface area contributed by atoms with Gasteiger partial charge in [-0.3, -0.25) is 14.0 Å². The maximum Gasteiger partial charge on any atom is 0.419 e. The van der Waals surface area contributed by atoms with Crippen molar-refractivity contribution in [2.75, 3.05) is 24.5 Å². The van der Waals surface area contributed by atoms with E-state index in [1.54, 1.807) is 4.90 Å². The van der Waals surface area contributed by atoms with E-state index in [0.29, 0.717) is 5.56 Å². The zero-order chi connectivity index (χ0) is 22.8. The van der Waals surface area contributed by atoms with Crippen molar-refractivity contribution in [1.82, 2.24) is 14.3 Å². The number of aromatic nitrogens is 2. The number of pyridine rings is 1. The van der Waals surface area contributed by atoms with Crippen LogP contribution in [0, 0.1) is 6.92 Å². The van der Waals surface area contributed by atoms with Gasteiger partial charge in [0.05, 0.1) is 11.3 Å². The largest absolute Gasteiger partial charge is 0.419 e. The van der Waals surface area contributed by atoms with Crippen LogP contribution in [0.5, 0.6) is 0 Å². The molecule has 1 saturated heterocycles. The van der Waals surface area contributed by atoms with Gasteiger partial charge in [-0.05, 0) is 43.4 Å². The van der Waals surface area contributed by atoms with Gasteiger partial charge in [-0.15, -0.1) is 11.3 Å². The third-order valence-corrected chi connectivity index (χ3v) is 6.99. The molecule has 1 aliphatic heterocycles. The van der Waals surface area contributed by atoms with Crippen molar-refractivity contribution >= 4 is 46.1 Å². The SMILES string of the molecule is Cc1cc(N2CCN(C(=O)c3nc4c(C(F)(F)F)cc(C5CC5)cn4c3Cl)CC2=O)cs1. The second-order valence-electron chi connectivity index (χ2n) is 8.09. The quantitative estimate of drug-likeness (QED) is 0.541. The van der Waals surface area contributed by atoms with Crippen LogP contribution in [-0.4, -0.2) is 45.7 Å². The Morgan fingerprint density at radius 3 is 2.59 bits per heavy atom. The molecule has 0 bridgehead atoms. The highest BCUT2D eigenvalue weighted by Crippen LogP contribution is 2.43. The molecule has 2 fully saturated rings. The minimum absolute atomic E-state index is 0.0598. The number of imidazole rings is 1. The number of nitrogens with zero attached hydrogens (tertiary/aromatic N) is 4. The number of carbonyl (C=O) groups is 2. The summed E-state index contributed by atoms with van der Waals surface area (Å²) in [5.74, 6) is -0.867. The molecular formula is C21H18ClF3N4O2S. The molecule has 3 aromatic rings. The number of halogens is 4. The van der Waals surface area contributed by atoms with Gasteiger partial charge < -0.3 is 9.80 Å². The summed E-state index contributed by atoms with van der Waals surface area (Å²) < 4.78 is 42.2. The number of aryl methyl sites for hydroxylation is 1. The Morgan fingerprint density at radius 1 is 1.25 bits per heavy atom. The summed E-state index contributed by atoms with van der Waals surface area (Å²) in [4.78, 5) is 33.7. The molecule has 1 aliphatic carbocycles. The number of carbonyl (C=O) groups excluding carboxylic acids is 2. The molecule has 11 heteroatoms. The Bertz CT molecular complexity index is 1250. The van der Waals surface area contributed by atoms with E-state index in [9.17, 15) is 22.8 Å². The molecule has 3 aromatic heterocycles. The summed E-state index contributed by atoms with van der Waals surface area (Å²) in [5, 5.41) is 1.70. The van der Waals surface area contributed by atoms with Crippen molar-refractivity contribution in [2.45, 2.75) is 31.9 Å². The number of anilines is 1. The Labute approximate surface area is 190 Å². The number of piperazine rings is 1. The first-order valence-corrected chi connectivity index (χ1v) is 11.3. The van der Waals surface area contributed by atoms with Crippen LogP contribution < -0.4 is 4.90 Å². The molecule has 168 valence electrons. The summed E-state index contributed by atoms with van der Waals surface area (Å²) in [6, 6.07) is 2.99. The van der Waals surface area contributed by atoms with E-state index in [1.165, 1.54) is 22.4 Å². The second-order valence-corrected chi connectivity index (χ2v) is 9.56. The third-order valence-electron chi connectivity index (χ3n) is 5.78. The molecule has 2 aliphatic rings. The number of rotatable bonds is 3. The lowest BCUT2D eigenvalue weighted by atomic mass is 10.1. The van der Waals surface area contributed by atoms with Crippen LogP contribution in [0.25, 0.3) is 5.65 Å². The van der Waals surface area contributed by atoms with Crippen LogP contribution in [-0.2, 0) is 11.0 Å². The normalized spacial score (nSPS) is 17.5. The van der Waals surface area contributed by atoms with Crippen LogP contribution in [0.15, 0.2) is 23.7 Å². The maximum atomic E-state index is 13.7. The Balaban J connectivity index is 1.46. The molecule has 2 amide bonds. The minimum Gasteiger partial charge on any atom is -0.326 e. The van der Waals surface area contributed by atoms with Gasteiger partial charge >= 0.3 is 6.18 Å². The van der Waals surface area contributed by atoms with Crippen LogP contribution in [0.4, 0.5) is 18.9 Å². The Morgan fingerprint density at radius 2 is 2.00 bits per heavy atom. The lowest BCUT2D eigenvalue weighted by Crippen LogP contribution is -2.52. The van der Waals surface area contributed by atoms with Gasteiger partial charge in [0.2, 0.25) is 5.91 Å². The van der Waals surface area contributed by atoms with E-state index < -0.39 is 23.3 Å². The first kappa shape index (κ1) is 21.3. The first-order valence-electron chi connectivity index (χ1n) is 10.1. The van der Waals surface area contributed by atoms with Crippen LogP contribution >= 0.6 is 22.9 Å². The standard InChI is InChI=1S/C21H18ClF3N4O2S/c1-11-6-14(10-32-11)28-5-4-27(9-16(28)30)20(31)17-18(22)29-8-13(12-2-3-12)7-15(19(29)26-17)21(23,24)25/h6-8,10,12H,2-5,9H2,1H3. The summed E-state index contributed by atoms with van der Waals surface area (Å²) >= 11 is 7.87. The van der Waals surface area contributed by atoms with E-state index in [1.807, 2.05) is 18.4 Å². The average Bonchev–Trinajstić information content (AvgIpc) is 3.42. The van der Waals surface area contributed by atoms with Gasteiger partial charge in [-0.1, -0.05) is 11.6 Å². The summed E-state index contributed by atoms with van der Waals surface area (Å²) in [6.45, 7) is 2.25. The lowest BCUT2D eigenvalue weighted by molar-refractivity contribution is -0.136. The molecule has 0 N–H and O–H groups in total. The molecule has 0 radical (unpaired) electrons. The molecule has 5 rings (SSSR count). The van der Waals surface area contributed by atoms with E-state index in [0.717, 1.165) is 33.9 Å². The van der Waals surface area contributed by atoms with Crippen molar-refractivity contribution in [3.05, 3.63) is 50.6 Å². The maximum absolute atomic E-state index is 13.7. The fourth-order valence-electron chi connectivity index (χ4n) is 3.96. The van der Waals surface area contributed by atoms with Gasteiger partial charge in [0.1, 0.15) is 11.7 Å². The zero-order valence-electron chi connectivity index (χ0n) is 16.9. The fourth-order valence-corrected chi connectivity index (χ4v) is 4.91. The average molecular weight is 483 g/mol. The second kappa shape index (κ2) is 7.48. The highest BCUT2D eigenvalue weighted by atomic mass is 35.5. The van der Waals surface area contributed by atoms with Crippen molar-refractivity contribution in [2.24, 2.45) is 0 Å². The molecule has 32 heavy (non-hydrogen) atoms. The predicted octanol–water partition coefficient (Wildman–Crippen LogP) is 4.74. The van der Waals surface area contributed by atoms with Gasteiger partial charge in [-0.25, -0.2) is 4.98 Å². The summed E-state index contributed by atoms with van der Waals surface area (Å²) in [6.07, 6.45) is -1.48. The highest BCUT2D eigenvalue weighted by molar-refractivity contribution is 7.10. The molecule has 0 atom stereocenters. The van der Waals surface area contributed by atoms with Crippen LogP contribution in [0.2, 0.25) is 5.15 Å². The number of amides is 2. The smallest absolute Gasteiger partial charge is 0.326 e. The van der Waals surface area contributed by atoms with Crippen LogP contribution in [0.3, 0.4) is 0 Å². The molecule has 0 spiro atoms. The molecule has 0 unspecified atom stereocenters. The van der Waals surface area contributed by atoms with Crippen LogP contribution in [0.1, 0.15) is 45.3 Å². The molecule has 6 nitrogen and oxygen atoms in total. The third kappa shape index (κ3) is 3.65. The fraction of sp³-hybridized carbons (Fsp3) is 0.381. The monoisotopic (exact) mass is 482 g/mol. The summed E-state index contributed by atoms with van der Waals surface area (Å²) in [7, 11) is 0. The molecule has 0 aromatic carbocycles. The highest BCUT2D eigenvalue weighted by Gasteiger charge is 2.38. The van der Waals surface area contributed by atoms with Gasteiger partial charge in [-0.2, -0.15) is 13.2 Å². The number of alkyl halides is 3. The van der Waals surface area contributed by atoms with E-state index in [2.05, 4.69) is 4.98 Å². The van der Waals surface area contributed by atoms with E-state index in [-0.39, 0.29) is 42.3 Å². The Hall–Kier alpha value is -2.59. The van der Waals surface area contributed by atoms with Gasteiger partial charge in [0, 0.05) is 29.5 Å². The van der Waals surface area contributed by atoms with E-state index in [4.69, 9.17) is 11.6 Å². The van der Waals surface area contributed by atoms with Crippen molar-refractivity contribution in [3.63, 3.8) is 0 Å². The Kier molecular flexibility index (Phi) is 4.97. The first-order chi connectivity index (χ1) is 15.1. The summed E-state index contributed by atoms with van der Waals surface area (Å²) in [5.41, 5.74) is -0.306. The minimum atomic E-state index is -4.64. The molecule has 1 saturated carbocycles. The van der Waals surface area contributed by atoms with E-state index >= 15 is 0 Å². The van der Waals surface area contributed by atoms with Crippen molar-refractivity contribution in [1.29, 1.82) is 0 Å². The number of hydrogen-bond donors (Lipinski definition) is 0. The van der Waals surface area contributed by atoms with Gasteiger partial charge in [0.15, 0.2) is 11.3 Å². The number of thiophene rings is 1. The van der Waals surface area contributed by atoms with Crippen molar-refractivity contribution in [3.8, 4) is 0 Å². The zero-order valence-corrected chi connectivity index (χ0v) is 18.5. The lowest BCUT2D eigenvalue weighted by Gasteiger charge is -2.33.